The maximum Gasteiger partial charge on any atom is 0.324 e. The van der Waals surface area contributed by atoms with Gasteiger partial charge in [0.05, 0.1) is 29.3 Å². The molecule has 0 unspecified atom stereocenters. The predicted molar refractivity (Wildman–Crippen MR) is 119 cm³/mol. The number of hydrogen-bond donors (Lipinski definition) is 2. The quantitative estimate of drug-likeness (QED) is 0.582. The van der Waals surface area contributed by atoms with E-state index in [4.69, 9.17) is 11.6 Å². The van der Waals surface area contributed by atoms with Crippen molar-refractivity contribution in [2.75, 3.05) is 29.5 Å². The van der Waals surface area contributed by atoms with E-state index in [2.05, 4.69) is 4.98 Å². The van der Waals surface area contributed by atoms with E-state index in [-0.39, 0.29) is 36.7 Å². The van der Waals surface area contributed by atoms with Crippen LogP contribution in [0.1, 0.15) is 16.1 Å². The second kappa shape index (κ2) is 10.7. The third kappa shape index (κ3) is 6.60. The number of aromatic nitrogens is 1. The van der Waals surface area contributed by atoms with Crippen molar-refractivity contribution in [2.45, 2.75) is 13.0 Å². The van der Waals surface area contributed by atoms with Gasteiger partial charge in [0.1, 0.15) is 0 Å². The molecule has 1 fully saturated rings. The summed E-state index contributed by atoms with van der Waals surface area (Å²) in [5.74, 6) is -2.76. The molecule has 3 rings (SSSR count). The van der Waals surface area contributed by atoms with Crippen LogP contribution in [-0.4, -0.2) is 67.2 Å². The predicted octanol–water partition coefficient (Wildman–Crippen LogP) is 1.62. The van der Waals surface area contributed by atoms with Crippen LogP contribution < -0.4 is 15.8 Å². The molecule has 2 N–H and O–H groups in total. The molecule has 0 aliphatic carbocycles. The van der Waals surface area contributed by atoms with Gasteiger partial charge in [0.25, 0.3) is 5.91 Å². The molecule has 34 heavy (non-hydrogen) atoms. The zero-order valence-corrected chi connectivity index (χ0v) is 19.2. The lowest BCUT2D eigenvalue weighted by molar-refractivity contribution is -0.132. The highest BCUT2D eigenvalue weighted by molar-refractivity contribution is 7.91. The molecular formula is C20H20ClF2N5O5S. The Bertz CT molecular complexity index is 1150. The summed E-state index contributed by atoms with van der Waals surface area (Å²) in [4.78, 5) is 43.0. The van der Waals surface area contributed by atoms with E-state index in [0.717, 1.165) is 6.20 Å². The number of rotatable bonds is 5. The zero-order valence-electron chi connectivity index (χ0n) is 17.6. The molecule has 4 amide bonds. The van der Waals surface area contributed by atoms with Crippen LogP contribution in [0.4, 0.5) is 19.3 Å². The van der Waals surface area contributed by atoms with Crippen molar-refractivity contribution in [3.63, 3.8) is 0 Å². The van der Waals surface area contributed by atoms with Gasteiger partial charge in [-0.25, -0.2) is 13.2 Å². The van der Waals surface area contributed by atoms with Gasteiger partial charge in [0.15, 0.2) is 9.84 Å². The number of urea groups is 1. The molecule has 0 saturated carbocycles. The van der Waals surface area contributed by atoms with Crippen molar-refractivity contribution in [3.8, 4) is 0 Å². The summed E-state index contributed by atoms with van der Waals surface area (Å²) in [6.45, 7) is 0.109. The summed E-state index contributed by atoms with van der Waals surface area (Å²) in [5.41, 5.74) is 4.31. The highest BCUT2D eigenvalue weighted by atomic mass is 35.5. The van der Waals surface area contributed by atoms with Gasteiger partial charge in [-0.1, -0.05) is 11.6 Å². The molecule has 1 aliphatic heterocycles. The van der Waals surface area contributed by atoms with Crippen molar-refractivity contribution >= 4 is 45.0 Å². The molecular weight excluding hydrogens is 496 g/mol. The van der Waals surface area contributed by atoms with Crippen LogP contribution >= 0.6 is 11.6 Å². The minimum atomic E-state index is -3.28. The van der Waals surface area contributed by atoms with Crippen LogP contribution in [0.2, 0.25) is 5.02 Å². The normalized spacial score (nSPS) is 15.0. The Morgan fingerprint density at radius 3 is 2.26 bits per heavy atom. The highest BCUT2D eigenvalue weighted by Gasteiger charge is 2.29. The van der Waals surface area contributed by atoms with E-state index in [1.165, 1.54) is 21.9 Å². The zero-order chi connectivity index (χ0) is 24.9. The standard InChI is InChI=1S/C20H20ClF2N5O5S/c21-14-2-5-16(6-3-14)28(20(31)27-7-9-34(32,33)10-8-27)12-15-4-1-13(11-24-15)18(29)25-26-19(30)17(22)23/h1-6,11,17H,7-10,12H2,(H,25,29)(H,26,30). The van der Waals surface area contributed by atoms with Crippen LogP contribution in [0.3, 0.4) is 0 Å². The molecule has 2 aromatic rings. The number of alkyl halides is 2. The van der Waals surface area contributed by atoms with Crippen molar-refractivity contribution in [1.29, 1.82) is 0 Å². The number of halogens is 3. The van der Waals surface area contributed by atoms with Gasteiger partial charge in [0, 0.05) is 30.0 Å². The minimum Gasteiger partial charge on any atom is -0.322 e. The van der Waals surface area contributed by atoms with E-state index in [0.29, 0.717) is 16.4 Å². The van der Waals surface area contributed by atoms with Crippen LogP contribution in [0.5, 0.6) is 0 Å². The monoisotopic (exact) mass is 515 g/mol. The fraction of sp³-hybridized carbons (Fsp3) is 0.300. The molecule has 10 nitrogen and oxygen atoms in total. The summed E-state index contributed by atoms with van der Waals surface area (Å²) >= 11 is 5.95. The third-order valence-electron chi connectivity index (χ3n) is 4.89. The van der Waals surface area contributed by atoms with Crippen LogP contribution in [-0.2, 0) is 21.2 Å². The van der Waals surface area contributed by atoms with Gasteiger partial charge < -0.3 is 4.90 Å². The topological polar surface area (TPSA) is 129 Å². The number of carbonyl (C=O) groups is 3. The molecule has 0 atom stereocenters. The Morgan fingerprint density at radius 2 is 1.71 bits per heavy atom. The Morgan fingerprint density at radius 1 is 1.06 bits per heavy atom. The van der Waals surface area contributed by atoms with Gasteiger partial charge in [-0.15, -0.1) is 0 Å². The smallest absolute Gasteiger partial charge is 0.322 e. The molecule has 0 spiro atoms. The fourth-order valence-electron chi connectivity index (χ4n) is 3.02. The summed E-state index contributed by atoms with van der Waals surface area (Å²) in [7, 11) is -3.18. The summed E-state index contributed by atoms with van der Waals surface area (Å²) in [6, 6.07) is 8.86. The number of hydrazine groups is 1. The van der Waals surface area contributed by atoms with E-state index >= 15 is 0 Å². The first-order valence-corrected chi connectivity index (χ1v) is 12.1. The maximum atomic E-state index is 13.2. The third-order valence-corrected chi connectivity index (χ3v) is 6.75. The van der Waals surface area contributed by atoms with Crippen molar-refractivity contribution < 1.29 is 31.6 Å². The Hall–Kier alpha value is -3.32. The van der Waals surface area contributed by atoms with E-state index < -0.39 is 34.1 Å². The van der Waals surface area contributed by atoms with Crippen LogP contribution in [0, 0.1) is 0 Å². The van der Waals surface area contributed by atoms with Crippen LogP contribution in [0.15, 0.2) is 42.6 Å². The average Bonchev–Trinajstić information content (AvgIpc) is 2.81. The first kappa shape index (κ1) is 25.3. The number of pyridine rings is 1. The number of sulfone groups is 1. The summed E-state index contributed by atoms with van der Waals surface area (Å²) in [5, 5.41) is 0.465. The Labute approximate surface area is 198 Å². The number of nitrogens with one attached hydrogen (secondary N) is 2. The molecule has 1 aromatic heterocycles. The largest absolute Gasteiger partial charge is 0.324 e. The number of benzene rings is 1. The van der Waals surface area contributed by atoms with Gasteiger partial charge >= 0.3 is 18.4 Å². The van der Waals surface area contributed by atoms with E-state index in [1.54, 1.807) is 29.7 Å². The number of hydrogen-bond acceptors (Lipinski definition) is 6. The van der Waals surface area contributed by atoms with E-state index in [9.17, 15) is 31.6 Å². The van der Waals surface area contributed by atoms with Gasteiger partial charge in [-0.2, -0.15) is 8.78 Å². The number of anilines is 1. The molecule has 182 valence electrons. The second-order valence-electron chi connectivity index (χ2n) is 7.27. The van der Waals surface area contributed by atoms with Crippen molar-refractivity contribution in [3.05, 3.63) is 58.9 Å². The molecule has 1 aliphatic rings. The molecule has 0 radical (unpaired) electrons. The number of carbonyl (C=O) groups excluding carboxylic acids is 3. The maximum absolute atomic E-state index is 13.2. The highest BCUT2D eigenvalue weighted by Crippen LogP contribution is 2.22. The number of amides is 4. The average molecular weight is 516 g/mol. The SMILES string of the molecule is O=C(NNC(=O)C(F)F)c1ccc(CN(C(=O)N2CCS(=O)(=O)CC2)c2ccc(Cl)cc2)nc1. The lowest BCUT2D eigenvalue weighted by Gasteiger charge is -2.33. The van der Waals surface area contributed by atoms with E-state index in [1.807, 2.05) is 5.43 Å². The summed E-state index contributed by atoms with van der Waals surface area (Å²) in [6.07, 6.45) is -2.12. The first-order valence-electron chi connectivity index (χ1n) is 9.91. The Kier molecular flexibility index (Phi) is 7.99. The second-order valence-corrected chi connectivity index (χ2v) is 10.0. The molecule has 1 aromatic carbocycles. The lowest BCUT2D eigenvalue weighted by Crippen LogP contribution is -2.49. The molecule has 14 heteroatoms. The van der Waals surface area contributed by atoms with Gasteiger partial charge in [0.2, 0.25) is 0 Å². The molecule has 0 bridgehead atoms. The summed E-state index contributed by atoms with van der Waals surface area (Å²) < 4.78 is 47.9. The van der Waals surface area contributed by atoms with Gasteiger partial charge in [-0.3, -0.25) is 30.3 Å². The lowest BCUT2D eigenvalue weighted by atomic mass is 10.2. The minimum absolute atomic E-state index is 0.00622. The van der Waals surface area contributed by atoms with Crippen LogP contribution in [0.25, 0.3) is 0 Å². The number of nitrogens with zero attached hydrogens (tertiary/aromatic N) is 3. The van der Waals surface area contributed by atoms with Gasteiger partial charge in [-0.05, 0) is 36.4 Å². The van der Waals surface area contributed by atoms with Crippen molar-refractivity contribution in [1.82, 2.24) is 20.7 Å². The van der Waals surface area contributed by atoms with Crippen molar-refractivity contribution in [2.24, 2.45) is 0 Å². The molecule has 2 heterocycles. The Balaban J connectivity index is 1.74. The first-order chi connectivity index (χ1) is 16.1. The fourth-order valence-corrected chi connectivity index (χ4v) is 4.35. The molecule has 1 saturated heterocycles.